The second kappa shape index (κ2) is 4.80. The fourth-order valence-corrected chi connectivity index (χ4v) is 2.01. The molecule has 0 amide bonds. The molecule has 82 valence electrons. The lowest BCUT2D eigenvalue weighted by atomic mass is 10.1. The summed E-state index contributed by atoms with van der Waals surface area (Å²) >= 11 is 23.6. The monoisotopic (exact) mass is 291 g/mol. The van der Waals surface area contributed by atoms with Crippen molar-refractivity contribution in [3.8, 4) is 11.3 Å². The molecule has 0 spiro atoms. The van der Waals surface area contributed by atoms with E-state index in [9.17, 15) is 0 Å². The Bertz CT molecular complexity index is 522. The molecule has 0 unspecified atom stereocenters. The summed E-state index contributed by atoms with van der Waals surface area (Å²) in [6, 6.07) is 6.79. The normalized spacial score (nSPS) is 10.5. The molecule has 0 aliphatic heterocycles. The van der Waals surface area contributed by atoms with Gasteiger partial charge in [0.25, 0.3) is 0 Å². The largest absolute Gasteiger partial charge is 0.255 e. The molecule has 1 nitrogen and oxygen atoms in total. The number of benzene rings is 1. The lowest BCUT2D eigenvalue weighted by molar-refractivity contribution is 1.33. The number of aromatic nitrogens is 1. The Labute approximate surface area is 113 Å². The van der Waals surface area contributed by atoms with Gasteiger partial charge < -0.3 is 0 Å². The average molecular weight is 293 g/mol. The fraction of sp³-hybridized carbons (Fsp3) is 0. The van der Waals surface area contributed by atoms with Gasteiger partial charge in [-0.1, -0.05) is 46.4 Å². The molecule has 1 aromatic carbocycles. The van der Waals surface area contributed by atoms with E-state index in [0.29, 0.717) is 25.8 Å². The van der Waals surface area contributed by atoms with Crippen LogP contribution in [0, 0.1) is 0 Å². The number of halogens is 4. The van der Waals surface area contributed by atoms with Crippen LogP contribution in [0.1, 0.15) is 0 Å². The molecule has 0 saturated carbocycles. The quantitative estimate of drug-likeness (QED) is 0.645. The van der Waals surface area contributed by atoms with Crippen molar-refractivity contribution in [2.45, 2.75) is 0 Å². The highest BCUT2D eigenvalue weighted by Gasteiger charge is 2.08. The van der Waals surface area contributed by atoms with Gasteiger partial charge in [0.05, 0.1) is 25.8 Å². The van der Waals surface area contributed by atoms with Crippen molar-refractivity contribution < 1.29 is 0 Å². The summed E-state index contributed by atoms with van der Waals surface area (Å²) in [7, 11) is 0. The predicted molar refractivity (Wildman–Crippen MR) is 69.7 cm³/mol. The third kappa shape index (κ3) is 2.44. The van der Waals surface area contributed by atoms with Gasteiger partial charge in [0.1, 0.15) is 0 Å². The molecule has 1 aromatic heterocycles. The first kappa shape index (κ1) is 12.0. The molecule has 5 heteroatoms. The van der Waals surface area contributed by atoms with E-state index in [1.54, 1.807) is 30.5 Å². The lowest BCUT2D eigenvalue weighted by Gasteiger charge is -2.05. The highest BCUT2D eigenvalue weighted by molar-refractivity contribution is 6.44. The van der Waals surface area contributed by atoms with Crippen LogP contribution in [0.15, 0.2) is 30.5 Å². The molecule has 0 atom stereocenters. The molecule has 2 rings (SSSR count). The summed E-state index contributed by atoms with van der Waals surface area (Å²) in [4.78, 5) is 4.16. The molecule has 0 aliphatic carbocycles. The summed E-state index contributed by atoms with van der Waals surface area (Å²) in [5.41, 5.74) is 1.43. The fourth-order valence-electron chi connectivity index (χ4n) is 1.25. The van der Waals surface area contributed by atoms with Crippen LogP contribution < -0.4 is 0 Å². The van der Waals surface area contributed by atoms with Crippen LogP contribution in [-0.2, 0) is 0 Å². The second-order valence-corrected chi connectivity index (χ2v) is 4.77. The van der Waals surface area contributed by atoms with Gasteiger partial charge in [-0.2, -0.15) is 0 Å². The Hall–Kier alpha value is -0.470. The maximum atomic E-state index is 6.06. The number of pyridine rings is 1. The van der Waals surface area contributed by atoms with Crippen molar-refractivity contribution >= 4 is 46.4 Å². The lowest BCUT2D eigenvalue weighted by Crippen LogP contribution is -1.85. The van der Waals surface area contributed by atoms with Gasteiger partial charge in [0, 0.05) is 11.8 Å². The molecule has 16 heavy (non-hydrogen) atoms. The van der Waals surface area contributed by atoms with Crippen molar-refractivity contribution in [1.82, 2.24) is 4.98 Å². The Balaban J connectivity index is 2.56. The summed E-state index contributed by atoms with van der Waals surface area (Å²) in [5, 5.41) is 1.94. The van der Waals surface area contributed by atoms with Gasteiger partial charge in [-0.05, 0) is 24.3 Å². The third-order valence-corrected chi connectivity index (χ3v) is 3.27. The molecule has 0 saturated heterocycles. The molecular formula is C11H5Cl4N. The van der Waals surface area contributed by atoms with Crippen LogP contribution in [0.5, 0.6) is 0 Å². The van der Waals surface area contributed by atoms with E-state index in [2.05, 4.69) is 4.98 Å². The van der Waals surface area contributed by atoms with Gasteiger partial charge in [-0.15, -0.1) is 0 Å². The van der Waals surface area contributed by atoms with Crippen molar-refractivity contribution in [1.29, 1.82) is 0 Å². The van der Waals surface area contributed by atoms with E-state index in [-0.39, 0.29) is 0 Å². The van der Waals surface area contributed by atoms with E-state index in [1.165, 1.54) is 0 Å². The van der Waals surface area contributed by atoms with Crippen LogP contribution in [0.25, 0.3) is 11.3 Å². The number of rotatable bonds is 1. The molecule has 0 radical (unpaired) electrons. The van der Waals surface area contributed by atoms with Crippen LogP contribution >= 0.6 is 46.4 Å². The average Bonchev–Trinajstić information content (AvgIpc) is 2.25. The minimum absolute atomic E-state index is 0.421. The van der Waals surface area contributed by atoms with Gasteiger partial charge in [-0.3, -0.25) is 4.98 Å². The number of hydrogen-bond donors (Lipinski definition) is 0. The van der Waals surface area contributed by atoms with E-state index >= 15 is 0 Å². The number of nitrogens with zero attached hydrogens (tertiary/aromatic N) is 1. The van der Waals surface area contributed by atoms with Crippen molar-refractivity contribution in [3.05, 3.63) is 50.6 Å². The Morgan fingerprint density at radius 1 is 0.812 bits per heavy atom. The van der Waals surface area contributed by atoms with Crippen LogP contribution in [-0.4, -0.2) is 4.98 Å². The smallest absolute Gasteiger partial charge is 0.0718 e. The predicted octanol–water partition coefficient (Wildman–Crippen LogP) is 5.36. The van der Waals surface area contributed by atoms with Crippen molar-refractivity contribution in [2.75, 3.05) is 0 Å². The zero-order valence-electron chi connectivity index (χ0n) is 7.85. The maximum Gasteiger partial charge on any atom is 0.0718 e. The zero-order valence-corrected chi connectivity index (χ0v) is 10.9. The standard InChI is InChI=1S/C11H5Cl4N/c12-6-1-2-11(16-5-6)7-3-9(14)10(15)4-8(7)13/h1-5H. The van der Waals surface area contributed by atoms with Crippen LogP contribution in [0.3, 0.4) is 0 Å². The first-order valence-corrected chi connectivity index (χ1v) is 5.85. The Morgan fingerprint density at radius 3 is 2.12 bits per heavy atom. The molecule has 1 heterocycles. The van der Waals surface area contributed by atoms with Gasteiger partial charge in [0.2, 0.25) is 0 Å². The van der Waals surface area contributed by atoms with Crippen molar-refractivity contribution in [2.24, 2.45) is 0 Å². The van der Waals surface area contributed by atoms with E-state index in [1.807, 2.05) is 0 Å². The summed E-state index contributed by atoms with van der Waals surface area (Å²) < 4.78 is 0. The highest BCUT2D eigenvalue weighted by Crippen LogP contribution is 2.34. The minimum atomic E-state index is 0.421. The van der Waals surface area contributed by atoms with E-state index in [0.717, 1.165) is 5.56 Å². The Morgan fingerprint density at radius 2 is 1.50 bits per heavy atom. The van der Waals surface area contributed by atoms with Crippen LogP contribution in [0.4, 0.5) is 0 Å². The molecule has 0 fully saturated rings. The highest BCUT2D eigenvalue weighted by atomic mass is 35.5. The van der Waals surface area contributed by atoms with E-state index < -0.39 is 0 Å². The first-order chi connectivity index (χ1) is 7.58. The van der Waals surface area contributed by atoms with Crippen molar-refractivity contribution in [3.63, 3.8) is 0 Å². The maximum absolute atomic E-state index is 6.06. The number of hydrogen-bond acceptors (Lipinski definition) is 1. The SMILES string of the molecule is Clc1ccc(-c2cc(Cl)c(Cl)cc2Cl)nc1. The zero-order chi connectivity index (χ0) is 11.7. The molecular weight excluding hydrogens is 288 g/mol. The van der Waals surface area contributed by atoms with Gasteiger partial charge >= 0.3 is 0 Å². The van der Waals surface area contributed by atoms with Gasteiger partial charge in [-0.25, -0.2) is 0 Å². The summed E-state index contributed by atoms with van der Waals surface area (Å²) in [6.07, 6.45) is 1.55. The van der Waals surface area contributed by atoms with E-state index in [4.69, 9.17) is 46.4 Å². The summed E-state index contributed by atoms with van der Waals surface area (Å²) in [6.45, 7) is 0. The minimum Gasteiger partial charge on any atom is -0.255 e. The van der Waals surface area contributed by atoms with Crippen LogP contribution in [0.2, 0.25) is 20.1 Å². The molecule has 0 aliphatic rings. The third-order valence-electron chi connectivity index (χ3n) is 2.01. The molecule has 0 N–H and O–H groups in total. The molecule has 0 bridgehead atoms. The Kier molecular flexibility index (Phi) is 3.60. The topological polar surface area (TPSA) is 12.9 Å². The summed E-state index contributed by atoms with van der Waals surface area (Å²) in [5.74, 6) is 0. The molecule has 2 aromatic rings. The van der Waals surface area contributed by atoms with Gasteiger partial charge in [0.15, 0.2) is 0 Å². The second-order valence-electron chi connectivity index (χ2n) is 3.11. The first-order valence-electron chi connectivity index (χ1n) is 4.34.